The van der Waals surface area contributed by atoms with Crippen molar-refractivity contribution in [1.82, 2.24) is 0 Å². The molecule has 0 saturated carbocycles. The van der Waals surface area contributed by atoms with Crippen molar-refractivity contribution in [2.24, 2.45) is 5.92 Å². The van der Waals surface area contributed by atoms with Crippen LogP contribution < -0.4 is 11.1 Å². The highest BCUT2D eigenvalue weighted by atomic mass is 35.5. The standard InChI is InChI=1S/C14H21ClN2O3S/c1-10(2)9-21(19,20)7-3-4-14(18)17-11-5-6-12(15)13(16)8-11/h5-6,8,10H,3-4,7,9,16H2,1-2H3,(H,17,18). The lowest BCUT2D eigenvalue weighted by Crippen LogP contribution is -2.18. The molecule has 0 heterocycles. The summed E-state index contributed by atoms with van der Waals surface area (Å²) in [5, 5.41) is 3.09. The third-order valence-electron chi connectivity index (χ3n) is 2.73. The summed E-state index contributed by atoms with van der Waals surface area (Å²) in [5.74, 6) is 0.0429. The first-order valence-electron chi connectivity index (χ1n) is 6.75. The summed E-state index contributed by atoms with van der Waals surface area (Å²) in [4.78, 5) is 11.7. The lowest BCUT2D eigenvalue weighted by Gasteiger charge is -2.08. The largest absolute Gasteiger partial charge is 0.397 e. The summed E-state index contributed by atoms with van der Waals surface area (Å²) >= 11 is 5.79. The number of benzene rings is 1. The van der Waals surface area contributed by atoms with Gasteiger partial charge in [-0.15, -0.1) is 0 Å². The molecular weight excluding hydrogens is 312 g/mol. The number of nitrogens with one attached hydrogen (secondary N) is 1. The lowest BCUT2D eigenvalue weighted by atomic mass is 10.2. The average molecular weight is 333 g/mol. The first-order valence-corrected chi connectivity index (χ1v) is 8.95. The topological polar surface area (TPSA) is 89.3 Å². The minimum atomic E-state index is -3.08. The van der Waals surface area contributed by atoms with Crippen molar-refractivity contribution >= 4 is 38.7 Å². The van der Waals surface area contributed by atoms with Crippen molar-refractivity contribution in [3.05, 3.63) is 23.2 Å². The van der Waals surface area contributed by atoms with Crippen molar-refractivity contribution in [2.75, 3.05) is 22.6 Å². The second-order valence-corrected chi connectivity index (χ2v) is 8.03. The van der Waals surface area contributed by atoms with Gasteiger partial charge in [0.2, 0.25) is 5.91 Å². The van der Waals surface area contributed by atoms with Crippen LogP contribution in [0.25, 0.3) is 0 Å². The zero-order valence-electron chi connectivity index (χ0n) is 12.2. The zero-order chi connectivity index (χ0) is 16.0. The van der Waals surface area contributed by atoms with E-state index >= 15 is 0 Å². The summed E-state index contributed by atoms with van der Waals surface area (Å²) in [6, 6.07) is 4.81. The van der Waals surface area contributed by atoms with Gasteiger partial charge in [-0.3, -0.25) is 4.79 Å². The van der Waals surface area contributed by atoms with Crippen molar-refractivity contribution < 1.29 is 13.2 Å². The molecule has 0 spiro atoms. The zero-order valence-corrected chi connectivity index (χ0v) is 13.8. The number of rotatable bonds is 7. The Morgan fingerprint density at radius 3 is 2.62 bits per heavy atom. The summed E-state index contributed by atoms with van der Waals surface area (Å²) < 4.78 is 23.4. The molecule has 0 aliphatic heterocycles. The fourth-order valence-corrected chi connectivity index (χ4v) is 3.77. The Labute approximate surface area is 130 Å². The van der Waals surface area contributed by atoms with Gasteiger partial charge in [-0.1, -0.05) is 25.4 Å². The molecule has 0 fully saturated rings. The van der Waals surface area contributed by atoms with E-state index in [-0.39, 0.29) is 29.8 Å². The van der Waals surface area contributed by atoms with E-state index < -0.39 is 9.84 Å². The van der Waals surface area contributed by atoms with Gasteiger partial charge in [0.15, 0.2) is 9.84 Å². The number of nitrogen functional groups attached to an aromatic ring is 1. The number of amides is 1. The molecule has 0 aliphatic carbocycles. The van der Waals surface area contributed by atoms with E-state index in [1.54, 1.807) is 18.2 Å². The molecule has 0 aliphatic rings. The molecule has 3 N–H and O–H groups in total. The highest BCUT2D eigenvalue weighted by Crippen LogP contribution is 2.22. The van der Waals surface area contributed by atoms with Gasteiger partial charge < -0.3 is 11.1 Å². The Morgan fingerprint density at radius 1 is 1.38 bits per heavy atom. The Hall–Kier alpha value is -1.27. The SMILES string of the molecule is CC(C)CS(=O)(=O)CCCC(=O)Nc1ccc(Cl)c(N)c1. The molecule has 1 aromatic rings. The number of carbonyl (C=O) groups excluding carboxylic acids is 1. The van der Waals surface area contributed by atoms with Gasteiger partial charge in [0.25, 0.3) is 0 Å². The molecule has 0 aromatic heterocycles. The lowest BCUT2D eigenvalue weighted by molar-refractivity contribution is -0.116. The minimum absolute atomic E-state index is 0.0291. The second-order valence-electron chi connectivity index (χ2n) is 5.40. The first-order chi connectivity index (χ1) is 9.69. The maximum Gasteiger partial charge on any atom is 0.224 e. The van der Waals surface area contributed by atoms with Gasteiger partial charge in [-0.25, -0.2) is 8.42 Å². The normalized spacial score (nSPS) is 11.6. The monoisotopic (exact) mass is 332 g/mol. The highest BCUT2D eigenvalue weighted by Gasteiger charge is 2.14. The number of carbonyl (C=O) groups is 1. The van der Waals surface area contributed by atoms with E-state index in [2.05, 4.69) is 5.32 Å². The van der Waals surface area contributed by atoms with Gasteiger partial charge in [0.1, 0.15) is 0 Å². The second kappa shape index (κ2) is 7.66. The first kappa shape index (κ1) is 17.8. The van der Waals surface area contributed by atoms with Crippen LogP contribution in [0, 0.1) is 5.92 Å². The predicted molar refractivity (Wildman–Crippen MR) is 87.2 cm³/mol. The Balaban J connectivity index is 2.43. The quantitative estimate of drug-likeness (QED) is 0.751. The van der Waals surface area contributed by atoms with E-state index in [1.807, 2.05) is 13.8 Å². The van der Waals surface area contributed by atoms with E-state index in [0.717, 1.165) is 0 Å². The van der Waals surface area contributed by atoms with Crippen LogP contribution in [0.15, 0.2) is 18.2 Å². The Morgan fingerprint density at radius 2 is 2.05 bits per heavy atom. The van der Waals surface area contributed by atoms with Crippen LogP contribution in [-0.4, -0.2) is 25.8 Å². The molecule has 0 bridgehead atoms. The molecule has 1 aromatic carbocycles. The smallest absolute Gasteiger partial charge is 0.224 e. The van der Waals surface area contributed by atoms with E-state index in [4.69, 9.17) is 17.3 Å². The Bertz CT molecular complexity index is 600. The molecule has 118 valence electrons. The molecule has 1 rings (SSSR count). The summed E-state index contributed by atoms with van der Waals surface area (Å²) in [6.45, 7) is 3.71. The van der Waals surface area contributed by atoms with E-state index in [1.165, 1.54) is 0 Å². The van der Waals surface area contributed by atoms with Gasteiger partial charge in [0.05, 0.1) is 22.2 Å². The average Bonchev–Trinajstić information content (AvgIpc) is 2.32. The van der Waals surface area contributed by atoms with Gasteiger partial charge in [0, 0.05) is 12.1 Å². The number of anilines is 2. The van der Waals surface area contributed by atoms with Crippen LogP contribution >= 0.6 is 11.6 Å². The van der Waals surface area contributed by atoms with Gasteiger partial charge >= 0.3 is 0 Å². The molecule has 7 heteroatoms. The molecule has 5 nitrogen and oxygen atoms in total. The molecule has 1 amide bonds. The van der Waals surface area contributed by atoms with Crippen LogP contribution in [0.3, 0.4) is 0 Å². The number of hydrogen-bond acceptors (Lipinski definition) is 4. The fourth-order valence-electron chi connectivity index (χ4n) is 1.89. The van der Waals surface area contributed by atoms with E-state index in [0.29, 0.717) is 22.8 Å². The summed E-state index contributed by atoms with van der Waals surface area (Å²) in [5.41, 5.74) is 6.57. The third-order valence-corrected chi connectivity index (χ3v) is 5.16. The van der Waals surface area contributed by atoms with Crippen molar-refractivity contribution in [3.63, 3.8) is 0 Å². The van der Waals surface area contributed by atoms with Crippen molar-refractivity contribution in [1.29, 1.82) is 0 Å². The fraction of sp³-hybridized carbons (Fsp3) is 0.500. The summed E-state index contributed by atoms with van der Waals surface area (Å²) in [7, 11) is -3.08. The molecule has 0 radical (unpaired) electrons. The van der Waals surface area contributed by atoms with Crippen molar-refractivity contribution in [3.8, 4) is 0 Å². The Kier molecular flexibility index (Phi) is 6.48. The van der Waals surface area contributed by atoms with Crippen LogP contribution in [0.4, 0.5) is 11.4 Å². The maximum absolute atomic E-state index is 11.7. The van der Waals surface area contributed by atoms with Crippen LogP contribution in [-0.2, 0) is 14.6 Å². The van der Waals surface area contributed by atoms with Crippen LogP contribution in [0.1, 0.15) is 26.7 Å². The minimum Gasteiger partial charge on any atom is -0.397 e. The number of halogens is 1. The van der Waals surface area contributed by atoms with Crippen LogP contribution in [0.2, 0.25) is 5.02 Å². The highest BCUT2D eigenvalue weighted by molar-refractivity contribution is 7.91. The number of nitrogens with two attached hydrogens (primary N) is 1. The van der Waals surface area contributed by atoms with Crippen molar-refractivity contribution in [2.45, 2.75) is 26.7 Å². The molecule has 0 unspecified atom stereocenters. The maximum atomic E-state index is 11.7. The van der Waals surface area contributed by atoms with Gasteiger partial charge in [-0.2, -0.15) is 0 Å². The third kappa shape index (κ3) is 6.82. The van der Waals surface area contributed by atoms with Gasteiger partial charge in [-0.05, 0) is 30.5 Å². The molecule has 0 saturated heterocycles. The summed E-state index contributed by atoms with van der Waals surface area (Å²) in [6.07, 6.45) is 0.462. The van der Waals surface area contributed by atoms with Crippen LogP contribution in [0.5, 0.6) is 0 Å². The number of sulfone groups is 1. The molecule has 0 atom stereocenters. The predicted octanol–water partition coefficient (Wildman–Crippen LogP) is 2.71. The molecular formula is C14H21ClN2O3S. The number of hydrogen-bond donors (Lipinski definition) is 2. The van der Waals surface area contributed by atoms with E-state index in [9.17, 15) is 13.2 Å². The molecule has 21 heavy (non-hydrogen) atoms.